The quantitative estimate of drug-likeness (QED) is 0.734. The van der Waals surface area contributed by atoms with Crippen molar-refractivity contribution in [3.63, 3.8) is 0 Å². The molecule has 130 valence electrons. The van der Waals surface area contributed by atoms with E-state index in [1.165, 1.54) is 32.4 Å². The van der Waals surface area contributed by atoms with Crippen LogP contribution in [0.1, 0.15) is 33.3 Å². The number of carbonyl (C=O) groups excluding carboxylic acids is 2. The highest BCUT2D eigenvalue weighted by Gasteiger charge is 2.10. The lowest BCUT2D eigenvalue weighted by Crippen LogP contribution is -2.23. The summed E-state index contributed by atoms with van der Waals surface area (Å²) in [6.07, 6.45) is 1.20. The monoisotopic (exact) mass is 343 g/mol. The van der Waals surface area contributed by atoms with Gasteiger partial charge in [0, 0.05) is 19.7 Å². The van der Waals surface area contributed by atoms with E-state index in [1.807, 2.05) is 0 Å². The Balaban J connectivity index is 2.06. The number of hydrogen-bond donors (Lipinski definition) is 3. The van der Waals surface area contributed by atoms with Crippen molar-refractivity contribution in [2.45, 2.75) is 13.5 Å². The molecule has 0 unspecified atom stereocenters. The van der Waals surface area contributed by atoms with Crippen LogP contribution in [-0.2, 0) is 11.3 Å². The van der Waals surface area contributed by atoms with Gasteiger partial charge in [0.2, 0.25) is 5.91 Å². The van der Waals surface area contributed by atoms with E-state index >= 15 is 0 Å². The molecule has 8 heteroatoms. The minimum atomic E-state index is -1.16. The number of ether oxygens (including phenoxy) is 1. The molecule has 0 saturated carbocycles. The van der Waals surface area contributed by atoms with E-state index < -0.39 is 5.97 Å². The van der Waals surface area contributed by atoms with E-state index in [1.54, 1.807) is 18.2 Å². The first-order valence-electron chi connectivity index (χ1n) is 7.32. The fraction of sp³-hybridized carbons (Fsp3) is 0.176. The number of amides is 2. The minimum Gasteiger partial charge on any atom is -0.495 e. The van der Waals surface area contributed by atoms with Crippen LogP contribution in [0, 0.1) is 0 Å². The largest absolute Gasteiger partial charge is 0.495 e. The Labute approximate surface area is 143 Å². The van der Waals surface area contributed by atoms with E-state index in [9.17, 15) is 14.4 Å². The first kappa shape index (κ1) is 17.9. The van der Waals surface area contributed by atoms with Crippen molar-refractivity contribution in [3.8, 4) is 5.75 Å². The van der Waals surface area contributed by atoms with Crippen molar-refractivity contribution >= 4 is 23.5 Å². The van der Waals surface area contributed by atoms with Gasteiger partial charge in [0.1, 0.15) is 11.4 Å². The number of carboxylic acids is 1. The Morgan fingerprint density at radius 1 is 1.20 bits per heavy atom. The topological polar surface area (TPSA) is 118 Å². The van der Waals surface area contributed by atoms with Gasteiger partial charge < -0.3 is 20.5 Å². The lowest BCUT2D eigenvalue weighted by Gasteiger charge is -2.11. The van der Waals surface area contributed by atoms with Crippen LogP contribution in [0.2, 0.25) is 0 Å². The Bertz CT molecular complexity index is 802. The van der Waals surface area contributed by atoms with E-state index in [0.29, 0.717) is 11.4 Å². The summed E-state index contributed by atoms with van der Waals surface area (Å²) < 4.78 is 5.17. The summed E-state index contributed by atoms with van der Waals surface area (Å²) in [4.78, 5) is 37.8. The molecule has 0 fully saturated rings. The van der Waals surface area contributed by atoms with E-state index in [-0.39, 0.29) is 29.6 Å². The zero-order valence-corrected chi connectivity index (χ0v) is 13.7. The Kier molecular flexibility index (Phi) is 5.67. The molecule has 25 heavy (non-hydrogen) atoms. The molecule has 2 aromatic rings. The SMILES string of the molecule is COc1ccc(CNC(=O)c2ccc(C(=O)O)nc2)cc1NC(C)=O. The molecule has 2 rings (SSSR count). The predicted octanol–water partition coefficient (Wildman–Crippen LogP) is 1.68. The first-order valence-corrected chi connectivity index (χ1v) is 7.32. The van der Waals surface area contributed by atoms with Crippen molar-refractivity contribution in [2.24, 2.45) is 0 Å². The third kappa shape index (κ3) is 4.77. The number of carbonyl (C=O) groups is 3. The maximum Gasteiger partial charge on any atom is 0.354 e. The van der Waals surface area contributed by atoms with Gasteiger partial charge in [-0.2, -0.15) is 0 Å². The van der Waals surface area contributed by atoms with E-state index in [2.05, 4.69) is 15.6 Å². The van der Waals surface area contributed by atoms with Gasteiger partial charge in [-0.05, 0) is 29.8 Å². The molecule has 1 aromatic carbocycles. The molecule has 0 saturated heterocycles. The Morgan fingerprint density at radius 2 is 1.96 bits per heavy atom. The highest BCUT2D eigenvalue weighted by Crippen LogP contribution is 2.25. The zero-order valence-electron chi connectivity index (χ0n) is 13.7. The molecule has 2 amide bonds. The van der Waals surface area contributed by atoms with Crippen molar-refractivity contribution < 1.29 is 24.2 Å². The molecular formula is C17H17N3O5. The second-order valence-electron chi connectivity index (χ2n) is 5.14. The molecule has 0 aliphatic rings. The van der Waals surface area contributed by atoms with Gasteiger partial charge in [-0.3, -0.25) is 9.59 Å². The maximum absolute atomic E-state index is 12.1. The highest BCUT2D eigenvalue weighted by molar-refractivity contribution is 5.95. The number of pyridine rings is 1. The molecule has 1 aromatic heterocycles. The number of methoxy groups -OCH3 is 1. The average Bonchev–Trinajstić information content (AvgIpc) is 2.59. The van der Waals surface area contributed by atoms with Crippen LogP contribution in [0.5, 0.6) is 5.75 Å². The molecule has 0 aliphatic carbocycles. The number of benzene rings is 1. The van der Waals surface area contributed by atoms with Gasteiger partial charge in [-0.1, -0.05) is 6.07 Å². The second kappa shape index (κ2) is 7.91. The molecule has 0 radical (unpaired) electrons. The Morgan fingerprint density at radius 3 is 2.52 bits per heavy atom. The van der Waals surface area contributed by atoms with Gasteiger partial charge >= 0.3 is 5.97 Å². The molecule has 1 heterocycles. The van der Waals surface area contributed by atoms with Crippen molar-refractivity contribution in [3.05, 3.63) is 53.3 Å². The normalized spacial score (nSPS) is 10.0. The lowest BCUT2D eigenvalue weighted by molar-refractivity contribution is -0.114. The summed E-state index contributed by atoms with van der Waals surface area (Å²) in [5.41, 5.74) is 1.38. The number of aromatic nitrogens is 1. The Hall–Kier alpha value is -3.42. The van der Waals surface area contributed by atoms with Crippen LogP contribution in [-0.4, -0.2) is 35.0 Å². The number of hydrogen-bond acceptors (Lipinski definition) is 5. The van der Waals surface area contributed by atoms with Gasteiger partial charge in [0.05, 0.1) is 18.4 Å². The highest BCUT2D eigenvalue weighted by atomic mass is 16.5. The number of nitrogens with one attached hydrogen (secondary N) is 2. The lowest BCUT2D eigenvalue weighted by atomic mass is 10.1. The van der Waals surface area contributed by atoms with Crippen molar-refractivity contribution in [1.82, 2.24) is 10.3 Å². The fourth-order valence-electron chi connectivity index (χ4n) is 2.09. The summed E-state index contributed by atoms with van der Waals surface area (Å²) in [7, 11) is 1.50. The summed E-state index contributed by atoms with van der Waals surface area (Å²) >= 11 is 0. The zero-order chi connectivity index (χ0) is 18.4. The summed E-state index contributed by atoms with van der Waals surface area (Å²) in [5, 5.41) is 14.2. The maximum atomic E-state index is 12.1. The number of anilines is 1. The molecule has 8 nitrogen and oxygen atoms in total. The minimum absolute atomic E-state index is 0.133. The molecule has 0 bridgehead atoms. The van der Waals surface area contributed by atoms with Crippen LogP contribution in [0.15, 0.2) is 36.5 Å². The number of aromatic carboxylic acids is 1. The summed E-state index contributed by atoms with van der Waals surface area (Å²) in [5.74, 6) is -1.26. The van der Waals surface area contributed by atoms with Gasteiger partial charge in [0.25, 0.3) is 5.91 Å². The van der Waals surface area contributed by atoms with Gasteiger partial charge in [-0.25, -0.2) is 9.78 Å². The molecule has 0 spiro atoms. The standard InChI is InChI=1S/C17H17N3O5/c1-10(21)20-14-7-11(3-6-15(14)25-2)8-19-16(22)12-4-5-13(17(23)24)18-9-12/h3-7,9H,8H2,1-2H3,(H,19,22)(H,20,21)(H,23,24). The van der Waals surface area contributed by atoms with Crippen molar-refractivity contribution in [1.29, 1.82) is 0 Å². The van der Waals surface area contributed by atoms with Crippen LogP contribution in [0.4, 0.5) is 5.69 Å². The van der Waals surface area contributed by atoms with E-state index in [0.717, 1.165) is 5.56 Å². The third-order valence-corrected chi connectivity index (χ3v) is 3.27. The van der Waals surface area contributed by atoms with Crippen LogP contribution < -0.4 is 15.4 Å². The van der Waals surface area contributed by atoms with Crippen LogP contribution in [0.3, 0.4) is 0 Å². The van der Waals surface area contributed by atoms with Crippen LogP contribution >= 0.6 is 0 Å². The summed E-state index contributed by atoms with van der Waals surface area (Å²) in [6, 6.07) is 7.81. The summed E-state index contributed by atoms with van der Waals surface area (Å²) in [6.45, 7) is 1.61. The molecular weight excluding hydrogens is 326 g/mol. The predicted molar refractivity (Wildman–Crippen MR) is 89.7 cm³/mol. The smallest absolute Gasteiger partial charge is 0.354 e. The number of nitrogens with zero attached hydrogens (tertiary/aromatic N) is 1. The third-order valence-electron chi connectivity index (χ3n) is 3.27. The van der Waals surface area contributed by atoms with Crippen LogP contribution in [0.25, 0.3) is 0 Å². The molecule has 3 N–H and O–H groups in total. The molecule has 0 atom stereocenters. The van der Waals surface area contributed by atoms with E-state index in [4.69, 9.17) is 9.84 Å². The fourth-order valence-corrected chi connectivity index (χ4v) is 2.09. The first-order chi connectivity index (χ1) is 11.9. The van der Waals surface area contributed by atoms with Gasteiger partial charge in [0.15, 0.2) is 0 Å². The van der Waals surface area contributed by atoms with Crippen molar-refractivity contribution in [2.75, 3.05) is 12.4 Å². The molecule has 0 aliphatic heterocycles. The number of rotatable bonds is 6. The average molecular weight is 343 g/mol. The number of carboxylic acid groups (broad SMARTS) is 1. The van der Waals surface area contributed by atoms with Gasteiger partial charge in [-0.15, -0.1) is 0 Å². The second-order valence-corrected chi connectivity index (χ2v) is 5.14.